The molecule has 1 amide bonds. The lowest BCUT2D eigenvalue weighted by atomic mass is 10.2. The van der Waals surface area contributed by atoms with Gasteiger partial charge < -0.3 is 9.32 Å². The van der Waals surface area contributed by atoms with Gasteiger partial charge in [-0.25, -0.2) is 0 Å². The number of carbonyl (C=O) groups excluding carboxylic acids is 1. The monoisotopic (exact) mass is 304 g/mol. The fourth-order valence-corrected chi connectivity index (χ4v) is 3.44. The molecule has 108 valence electrons. The van der Waals surface area contributed by atoms with Crippen LogP contribution in [0.4, 0.5) is 5.69 Å². The summed E-state index contributed by atoms with van der Waals surface area (Å²) in [5.41, 5.74) is 0.421. The zero-order chi connectivity index (χ0) is 14.8. The van der Waals surface area contributed by atoms with E-state index < -0.39 is 4.92 Å². The second-order valence-corrected chi connectivity index (χ2v) is 5.73. The molecule has 0 N–H and O–H groups in total. The topological polar surface area (TPSA) is 76.6 Å². The molecule has 1 fully saturated rings. The Morgan fingerprint density at radius 1 is 1.33 bits per heavy atom. The molecular formula is C14H12N2O4S. The van der Waals surface area contributed by atoms with Crippen molar-refractivity contribution < 1.29 is 14.1 Å². The van der Waals surface area contributed by atoms with Crippen molar-refractivity contribution in [1.29, 1.82) is 0 Å². The lowest BCUT2D eigenvalue weighted by Crippen LogP contribution is -2.30. The molecule has 0 spiro atoms. The van der Waals surface area contributed by atoms with Gasteiger partial charge in [0, 0.05) is 30.0 Å². The van der Waals surface area contributed by atoms with Crippen molar-refractivity contribution in [2.75, 3.05) is 12.3 Å². The SMILES string of the molecule is O=C(c1ccc([N+](=O)[O-])cc1)N1CCS[C@H]1c1ccco1. The molecular weight excluding hydrogens is 292 g/mol. The predicted octanol–water partition coefficient (Wildman–Crippen LogP) is 3.08. The molecule has 0 unspecified atom stereocenters. The van der Waals surface area contributed by atoms with Crippen LogP contribution >= 0.6 is 11.8 Å². The minimum Gasteiger partial charge on any atom is -0.466 e. The number of thioether (sulfide) groups is 1. The van der Waals surface area contributed by atoms with Crippen LogP contribution in [0.1, 0.15) is 21.5 Å². The van der Waals surface area contributed by atoms with Crippen LogP contribution in [0, 0.1) is 10.1 Å². The fourth-order valence-electron chi connectivity index (χ4n) is 2.24. The van der Waals surface area contributed by atoms with Crippen LogP contribution < -0.4 is 0 Å². The number of nitrogens with zero attached hydrogens (tertiary/aromatic N) is 2. The van der Waals surface area contributed by atoms with Gasteiger partial charge in [0.2, 0.25) is 0 Å². The number of hydrogen-bond donors (Lipinski definition) is 0. The number of non-ortho nitro benzene ring substituents is 1. The van der Waals surface area contributed by atoms with E-state index in [9.17, 15) is 14.9 Å². The molecule has 1 aliphatic heterocycles. The highest BCUT2D eigenvalue weighted by molar-refractivity contribution is 7.99. The molecule has 6 nitrogen and oxygen atoms in total. The third kappa shape index (κ3) is 2.64. The zero-order valence-electron chi connectivity index (χ0n) is 11.0. The maximum absolute atomic E-state index is 12.5. The number of hydrogen-bond acceptors (Lipinski definition) is 5. The van der Waals surface area contributed by atoms with Crippen LogP contribution in [0.2, 0.25) is 0 Å². The van der Waals surface area contributed by atoms with Crippen molar-refractivity contribution in [3.05, 3.63) is 64.1 Å². The minimum atomic E-state index is -0.481. The Balaban J connectivity index is 1.82. The van der Waals surface area contributed by atoms with Gasteiger partial charge in [0.1, 0.15) is 11.1 Å². The van der Waals surface area contributed by atoms with Crippen LogP contribution in [0.5, 0.6) is 0 Å². The number of nitro groups is 1. The van der Waals surface area contributed by atoms with Gasteiger partial charge in [-0.2, -0.15) is 0 Å². The lowest BCUT2D eigenvalue weighted by molar-refractivity contribution is -0.384. The van der Waals surface area contributed by atoms with Crippen LogP contribution in [0.15, 0.2) is 47.1 Å². The van der Waals surface area contributed by atoms with Crippen molar-refractivity contribution in [3.8, 4) is 0 Å². The molecule has 2 aromatic rings. The van der Waals surface area contributed by atoms with Crippen LogP contribution in [-0.4, -0.2) is 28.0 Å². The summed E-state index contributed by atoms with van der Waals surface area (Å²) >= 11 is 1.64. The summed E-state index contributed by atoms with van der Waals surface area (Å²) in [6.45, 7) is 0.631. The van der Waals surface area contributed by atoms with Crippen molar-refractivity contribution in [1.82, 2.24) is 4.90 Å². The van der Waals surface area contributed by atoms with Crippen LogP contribution in [0.25, 0.3) is 0 Å². The Hall–Kier alpha value is -2.28. The minimum absolute atomic E-state index is 0.0232. The van der Waals surface area contributed by atoms with E-state index in [1.54, 1.807) is 29.0 Å². The molecule has 1 aromatic carbocycles. The van der Waals surface area contributed by atoms with Crippen molar-refractivity contribution in [2.45, 2.75) is 5.37 Å². The number of furan rings is 1. The van der Waals surface area contributed by atoms with Gasteiger partial charge in [0.15, 0.2) is 0 Å². The first kappa shape index (κ1) is 13.7. The summed E-state index contributed by atoms with van der Waals surface area (Å²) in [5, 5.41) is 10.5. The third-order valence-corrected chi connectivity index (χ3v) is 4.48. The molecule has 1 aromatic heterocycles. The van der Waals surface area contributed by atoms with Gasteiger partial charge in [0.05, 0.1) is 11.2 Å². The summed E-state index contributed by atoms with van der Waals surface area (Å²) in [6.07, 6.45) is 1.59. The summed E-state index contributed by atoms with van der Waals surface area (Å²) in [7, 11) is 0. The van der Waals surface area contributed by atoms with E-state index in [1.165, 1.54) is 24.3 Å². The molecule has 21 heavy (non-hydrogen) atoms. The number of amides is 1. The van der Waals surface area contributed by atoms with Crippen LogP contribution in [0.3, 0.4) is 0 Å². The average molecular weight is 304 g/mol. The molecule has 0 radical (unpaired) electrons. The average Bonchev–Trinajstić information content (AvgIpc) is 3.17. The van der Waals surface area contributed by atoms with Gasteiger partial charge >= 0.3 is 0 Å². The number of carbonyl (C=O) groups is 1. The predicted molar refractivity (Wildman–Crippen MR) is 78.0 cm³/mol. The van der Waals surface area contributed by atoms with E-state index in [4.69, 9.17) is 4.42 Å². The highest BCUT2D eigenvalue weighted by Gasteiger charge is 2.33. The molecule has 0 saturated carbocycles. The van der Waals surface area contributed by atoms with Gasteiger partial charge in [-0.05, 0) is 24.3 Å². The zero-order valence-corrected chi connectivity index (χ0v) is 11.8. The first-order chi connectivity index (χ1) is 10.2. The molecule has 0 aliphatic carbocycles. The molecule has 7 heteroatoms. The lowest BCUT2D eigenvalue weighted by Gasteiger charge is -2.22. The fraction of sp³-hybridized carbons (Fsp3) is 0.214. The summed E-state index contributed by atoms with van der Waals surface area (Å²) in [6, 6.07) is 9.31. The number of benzene rings is 1. The second kappa shape index (κ2) is 5.61. The number of nitro benzene ring substituents is 1. The Morgan fingerprint density at radius 3 is 2.71 bits per heavy atom. The first-order valence-corrected chi connectivity index (χ1v) is 7.42. The molecule has 1 saturated heterocycles. The van der Waals surface area contributed by atoms with Crippen LogP contribution in [-0.2, 0) is 0 Å². The smallest absolute Gasteiger partial charge is 0.269 e. The molecule has 1 atom stereocenters. The third-order valence-electron chi connectivity index (χ3n) is 3.26. The molecule has 1 aliphatic rings. The Labute approximate surface area is 124 Å². The molecule has 0 bridgehead atoms. The summed E-state index contributed by atoms with van der Waals surface area (Å²) in [5.74, 6) is 1.44. The molecule has 3 rings (SSSR count). The largest absolute Gasteiger partial charge is 0.466 e. The standard InChI is InChI=1S/C14H12N2O4S/c17-13(10-3-5-11(6-4-10)16(18)19)15-7-9-21-14(15)12-2-1-8-20-12/h1-6,8,14H,7,9H2/t14-/m0/s1. The Bertz CT molecular complexity index is 654. The summed E-state index contributed by atoms with van der Waals surface area (Å²) in [4.78, 5) is 24.4. The maximum atomic E-state index is 12.5. The Kier molecular flexibility index (Phi) is 3.66. The van der Waals surface area contributed by atoms with Crippen molar-refractivity contribution in [2.24, 2.45) is 0 Å². The van der Waals surface area contributed by atoms with Gasteiger partial charge in [-0.15, -0.1) is 11.8 Å². The first-order valence-electron chi connectivity index (χ1n) is 6.37. The van der Waals surface area contributed by atoms with E-state index in [2.05, 4.69) is 0 Å². The summed E-state index contributed by atoms with van der Waals surface area (Å²) < 4.78 is 5.38. The highest BCUT2D eigenvalue weighted by Crippen LogP contribution is 2.38. The van der Waals surface area contributed by atoms with E-state index in [0.29, 0.717) is 12.1 Å². The van der Waals surface area contributed by atoms with Crippen molar-refractivity contribution >= 4 is 23.4 Å². The van der Waals surface area contributed by atoms with E-state index in [1.807, 2.05) is 6.07 Å². The van der Waals surface area contributed by atoms with Gasteiger partial charge in [-0.3, -0.25) is 14.9 Å². The normalized spacial score (nSPS) is 17.9. The van der Waals surface area contributed by atoms with Gasteiger partial charge in [-0.1, -0.05) is 0 Å². The van der Waals surface area contributed by atoms with E-state index in [0.717, 1.165) is 11.5 Å². The highest BCUT2D eigenvalue weighted by atomic mass is 32.2. The maximum Gasteiger partial charge on any atom is 0.269 e. The van der Waals surface area contributed by atoms with Crippen molar-refractivity contribution in [3.63, 3.8) is 0 Å². The number of rotatable bonds is 3. The Morgan fingerprint density at radius 2 is 2.10 bits per heavy atom. The second-order valence-electron chi connectivity index (χ2n) is 4.54. The quantitative estimate of drug-likeness (QED) is 0.643. The van der Waals surface area contributed by atoms with Gasteiger partial charge in [0.25, 0.3) is 11.6 Å². The van der Waals surface area contributed by atoms with E-state index >= 15 is 0 Å². The van der Waals surface area contributed by atoms with E-state index in [-0.39, 0.29) is 17.0 Å². The molecule has 2 heterocycles.